The molecular formula is C9H12FNO2. The Balaban J connectivity index is 3.04. The molecule has 0 aliphatic heterocycles. The fraction of sp³-hybridized carbons (Fsp3) is 0.333. The number of rotatable bonds is 2. The molecule has 4 N–H and O–H groups in total. The first-order valence-electron chi connectivity index (χ1n) is 3.97. The summed E-state index contributed by atoms with van der Waals surface area (Å²) in [7, 11) is 0. The number of nitrogens with two attached hydrogens (primary N) is 1. The van der Waals surface area contributed by atoms with Crippen LogP contribution in [0.15, 0.2) is 12.1 Å². The van der Waals surface area contributed by atoms with Crippen molar-refractivity contribution in [1.82, 2.24) is 0 Å². The van der Waals surface area contributed by atoms with Gasteiger partial charge < -0.3 is 15.9 Å². The van der Waals surface area contributed by atoms with Crippen molar-refractivity contribution in [2.24, 2.45) is 5.73 Å². The van der Waals surface area contributed by atoms with Crippen molar-refractivity contribution >= 4 is 0 Å². The Morgan fingerprint density at radius 1 is 1.46 bits per heavy atom. The van der Waals surface area contributed by atoms with Crippen LogP contribution in [0.2, 0.25) is 0 Å². The van der Waals surface area contributed by atoms with Gasteiger partial charge in [0.2, 0.25) is 5.82 Å². The second-order valence-corrected chi connectivity index (χ2v) is 3.09. The lowest BCUT2D eigenvalue weighted by Crippen LogP contribution is -2.17. The van der Waals surface area contributed by atoms with E-state index in [0.717, 1.165) is 0 Å². The van der Waals surface area contributed by atoms with Gasteiger partial charge in [-0.1, -0.05) is 6.07 Å². The lowest BCUT2D eigenvalue weighted by atomic mass is 10.1. The summed E-state index contributed by atoms with van der Waals surface area (Å²) in [5.74, 6) is -2.05. The van der Waals surface area contributed by atoms with Gasteiger partial charge in [-0.25, -0.2) is 0 Å². The smallest absolute Gasteiger partial charge is 0.206 e. The molecule has 0 spiro atoms. The summed E-state index contributed by atoms with van der Waals surface area (Å²) in [6, 6.07) is 2.50. The van der Waals surface area contributed by atoms with Crippen LogP contribution in [0.3, 0.4) is 0 Å². The van der Waals surface area contributed by atoms with Crippen LogP contribution in [0, 0.1) is 5.82 Å². The van der Waals surface area contributed by atoms with E-state index in [1.54, 1.807) is 6.92 Å². The maximum Gasteiger partial charge on any atom is 0.206 e. The van der Waals surface area contributed by atoms with Crippen LogP contribution in [0.5, 0.6) is 11.5 Å². The summed E-state index contributed by atoms with van der Waals surface area (Å²) < 4.78 is 12.9. The topological polar surface area (TPSA) is 66.5 Å². The van der Waals surface area contributed by atoms with Crippen LogP contribution in [0.4, 0.5) is 4.39 Å². The highest BCUT2D eigenvalue weighted by molar-refractivity contribution is 5.41. The monoisotopic (exact) mass is 185 g/mol. The average Bonchev–Trinajstić information content (AvgIpc) is 2.06. The number of phenols is 2. The van der Waals surface area contributed by atoms with Crippen LogP contribution in [-0.4, -0.2) is 16.3 Å². The number of aromatic hydroxyl groups is 2. The van der Waals surface area contributed by atoms with E-state index >= 15 is 0 Å². The van der Waals surface area contributed by atoms with Crippen LogP contribution in [0.1, 0.15) is 12.5 Å². The second kappa shape index (κ2) is 3.62. The van der Waals surface area contributed by atoms with Gasteiger partial charge in [-0.3, -0.25) is 0 Å². The molecule has 0 radical (unpaired) electrons. The second-order valence-electron chi connectivity index (χ2n) is 3.09. The van der Waals surface area contributed by atoms with Crippen molar-refractivity contribution in [3.05, 3.63) is 23.5 Å². The van der Waals surface area contributed by atoms with Crippen LogP contribution in [-0.2, 0) is 6.42 Å². The van der Waals surface area contributed by atoms with Crippen molar-refractivity contribution in [2.75, 3.05) is 0 Å². The zero-order valence-electron chi connectivity index (χ0n) is 7.29. The first-order valence-corrected chi connectivity index (χ1v) is 3.97. The fourth-order valence-corrected chi connectivity index (χ4v) is 1.11. The Hall–Kier alpha value is -1.29. The van der Waals surface area contributed by atoms with E-state index in [1.165, 1.54) is 12.1 Å². The first-order chi connectivity index (χ1) is 6.02. The molecule has 0 aromatic heterocycles. The van der Waals surface area contributed by atoms with Crippen LogP contribution < -0.4 is 5.73 Å². The summed E-state index contributed by atoms with van der Waals surface area (Å²) in [5, 5.41) is 18.1. The molecule has 3 nitrogen and oxygen atoms in total. The van der Waals surface area contributed by atoms with E-state index < -0.39 is 17.3 Å². The Kier molecular flexibility index (Phi) is 2.72. The third-order valence-electron chi connectivity index (χ3n) is 1.72. The number of benzene rings is 1. The highest BCUT2D eigenvalue weighted by Crippen LogP contribution is 2.28. The molecule has 1 aromatic rings. The summed E-state index contributed by atoms with van der Waals surface area (Å²) >= 11 is 0. The molecule has 0 amide bonds. The van der Waals surface area contributed by atoms with Crippen LogP contribution >= 0.6 is 0 Å². The molecule has 4 heteroatoms. The van der Waals surface area contributed by atoms with Gasteiger partial charge in [-0.05, 0) is 25.0 Å². The predicted molar refractivity (Wildman–Crippen MR) is 47.1 cm³/mol. The molecule has 1 unspecified atom stereocenters. The van der Waals surface area contributed by atoms with Gasteiger partial charge in [0.1, 0.15) is 0 Å². The molecule has 0 aliphatic carbocycles. The molecule has 0 fully saturated rings. The molecule has 1 atom stereocenters. The minimum absolute atomic E-state index is 0.158. The minimum Gasteiger partial charge on any atom is -0.505 e. The highest BCUT2D eigenvalue weighted by Gasteiger charge is 2.12. The van der Waals surface area contributed by atoms with E-state index in [4.69, 9.17) is 10.8 Å². The standard InChI is InChI=1S/C9H12FNO2/c1-5(11)4-6-2-3-7(12)8(10)9(6)13/h2-3,5,12-13H,4,11H2,1H3. The van der Waals surface area contributed by atoms with Crippen molar-refractivity contribution < 1.29 is 14.6 Å². The third kappa shape index (κ3) is 2.09. The number of hydrogen-bond donors (Lipinski definition) is 3. The normalized spacial score (nSPS) is 12.8. The Labute approximate surface area is 75.6 Å². The van der Waals surface area contributed by atoms with Gasteiger partial charge in [0, 0.05) is 6.04 Å². The lowest BCUT2D eigenvalue weighted by molar-refractivity contribution is 0.384. The minimum atomic E-state index is -0.988. The van der Waals surface area contributed by atoms with Crippen molar-refractivity contribution in [3.8, 4) is 11.5 Å². The van der Waals surface area contributed by atoms with E-state index in [1.807, 2.05) is 0 Å². The van der Waals surface area contributed by atoms with Gasteiger partial charge >= 0.3 is 0 Å². The Morgan fingerprint density at radius 3 is 2.62 bits per heavy atom. The number of hydrogen-bond acceptors (Lipinski definition) is 3. The Morgan fingerprint density at radius 2 is 2.08 bits per heavy atom. The maximum absolute atomic E-state index is 12.9. The molecule has 0 heterocycles. The molecule has 72 valence electrons. The summed E-state index contributed by atoms with van der Waals surface area (Å²) in [4.78, 5) is 0. The zero-order chi connectivity index (χ0) is 10.0. The lowest BCUT2D eigenvalue weighted by Gasteiger charge is -2.08. The van der Waals surface area contributed by atoms with Gasteiger partial charge in [-0.15, -0.1) is 0 Å². The fourth-order valence-electron chi connectivity index (χ4n) is 1.11. The molecule has 13 heavy (non-hydrogen) atoms. The predicted octanol–water partition coefficient (Wildman–Crippen LogP) is 1.13. The summed E-state index contributed by atoms with van der Waals surface area (Å²) in [6.45, 7) is 1.75. The van der Waals surface area contributed by atoms with Gasteiger partial charge in [0.05, 0.1) is 0 Å². The van der Waals surface area contributed by atoms with Gasteiger partial charge in [0.15, 0.2) is 11.5 Å². The number of halogens is 1. The van der Waals surface area contributed by atoms with Gasteiger partial charge in [-0.2, -0.15) is 4.39 Å². The molecule has 1 aromatic carbocycles. The van der Waals surface area contributed by atoms with E-state index in [9.17, 15) is 9.50 Å². The van der Waals surface area contributed by atoms with Crippen LogP contribution in [0.25, 0.3) is 0 Å². The molecule has 0 saturated carbocycles. The SMILES string of the molecule is CC(N)Cc1ccc(O)c(F)c1O. The average molecular weight is 185 g/mol. The Bertz CT molecular complexity index is 313. The summed E-state index contributed by atoms with van der Waals surface area (Å²) in [5.41, 5.74) is 5.89. The molecule has 0 saturated heterocycles. The molecule has 0 bridgehead atoms. The van der Waals surface area contributed by atoms with Crippen molar-refractivity contribution in [1.29, 1.82) is 0 Å². The summed E-state index contributed by atoms with van der Waals surface area (Å²) in [6.07, 6.45) is 0.378. The van der Waals surface area contributed by atoms with Crippen molar-refractivity contribution in [3.63, 3.8) is 0 Å². The van der Waals surface area contributed by atoms with E-state index in [0.29, 0.717) is 12.0 Å². The third-order valence-corrected chi connectivity index (χ3v) is 1.72. The quantitative estimate of drug-likeness (QED) is 0.647. The zero-order valence-corrected chi connectivity index (χ0v) is 7.29. The largest absolute Gasteiger partial charge is 0.505 e. The molecule has 0 aliphatic rings. The maximum atomic E-state index is 12.9. The van der Waals surface area contributed by atoms with Crippen molar-refractivity contribution in [2.45, 2.75) is 19.4 Å². The van der Waals surface area contributed by atoms with Gasteiger partial charge in [0.25, 0.3) is 0 Å². The molecular weight excluding hydrogens is 173 g/mol. The van der Waals surface area contributed by atoms with E-state index in [2.05, 4.69) is 0 Å². The number of phenolic OH excluding ortho intramolecular Hbond substituents is 2. The molecule has 1 rings (SSSR count). The first kappa shape index (κ1) is 9.80. The highest BCUT2D eigenvalue weighted by atomic mass is 19.1. The van der Waals surface area contributed by atoms with E-state index in [-0.39, 0.29) is 6.04 Å².